The van der Waals surface area contributed by atoms with Gasteiger partial charge in [0.15, 0.2) is 0 Å². The van der Waals surface area contributed by atoms with Crippen LogP contribution in [0.2, 0.25) is 0 Å². The molecule has 0 radical (unpaired) electrons. The smallest absolute Gasteiger partial charge is 0.335 e. The number of hydrogen-bond acceptors (Lipinski definition) is 3. The first-order valence-corrected chi connectivity index (χ1v) is 10.8. The molecule has 1 unspecified atom stereocenters. The van der Waals surface area contributed by atoms with Crippen molar-refractivity contribution in [1.29, 1.82) is 0 Å². The van der Waals surface area contributed by atoms with E-state index in [9.17, 15) is 14.7 Å². The van der Waals surface area contributed by atoms with Gasteiger partial charge in [-0.1, -0.05) is 31.4 Å². The number of rotatable bonds is 9. The van der Waals surface area contributed by atoms with Crippen molar-refractivity contribution >= 4 is 11.9 Å². The Morgan fingerprint density at radius 2 is 1.82 bits per heavy atom. The highest BCUT2D eigenvalue weighted by Crippen LogP contribution is 2.29. The van der Waals surface area contributed by atoms with Crippen LogP contribution < -0.4 is 0 Å². The molecule has 2 atom stereocenters. The van der Waals surface area contributed by atoms with Crippen LogP contribution in [0.5, 0.6) is 0 Å². The number of amides is 1. The quantitative estimate of drug-likeness (QED) is 0.671. The van der Waals surface area contributed by atoms with E-state index in [1.165, 1.54) is 19.3 Å². The van der Waals surface area contributed by atoms with Crippen molar-refractivity contribution < 1.29 is 19.8 Å². The van der Waals surface area contributed by atoms with E-state index in [2.05, 4.69) is 0 Å². The van der Waals surface area contributed by atoms with E-state index in [0.717, 1.165) is 44.1 Å². The lowest BCUT2D eigenvalue weighted by molar-refractivity contribution is -0.129. The van der Waals surface area contributed by atoms with Crippen molar-refractivity contribution in [3.05, 3.63) is 35.4 Å². The van der Waals surface area contributed by atoms with Gasteiger partial charge in [-0.05, 0) is 68.6 Å². The van der Waals surface area contributed by atoms with Gasteiger partial charge in [-0.3, -0.25) is 4.79 Å². The average Bonchev–Trinajstić information content (AvgIpc) is 3.06. The summed E-state index contributed by atoms with van der Waals surface area (Å²) in [6.07, 6.45) is 10.8. The van der Waals surface area contributed by atoms with Crippen LogP contribution in [0.15, 0.2) is 24.3 Å². The van der Waals surface area contributed by atoms with Crippen LogP contribution in [0, 0.1) is 5.92 Å². The zero-order valence-corrected chi connectivity index (χ0v) is 16.7. The minimum atomic E-state index is -0.901. The van der Waals surface area contributed by atoms with E-state index >= 15 is 0 Å². The number of aliphatic hydroxyl groups is 1. The molecule has 1 aromatic rings. The third-order valence-corrected chi connectivity index (χ3v) is 6.52. The third kappa shape index (κ3) is 5.57. The van der Waals surface area contributed by atoms with Crippen molar-refractivity contribution in [2.45, 2.75) is 82.8 Å². The summed E-state index contributed by atoms with van der Waals surface area (Å²) in [4.78, 5) is 25.2. The fourth-order valence-corrected chi connectivity index (χ4v) is 4.78. The number of aryl methyl sites for hydroxylation is 1. The Balaban J connectivity index is 1.43. The standard InChI is InChI=1S/C23H33NO4/c25-21(18-6-2-1-3-7-18)15-16-24-20(13-14-22(24)26)8-4-5-17-9-11-19(12-10-17)23(27)28/h9-12,18,20-21,25H,1-8,13-16H2,(H,27,28)/t20?,21-/m0/s1. The molecule has 1 amide bonds. The van der Waals surface area contributed by atoms with E-state index < -0.39 is 5.97 Å². The first-order chi connectivity index (χ1) is 13.5. The Labute approximate surface area is 167 Å². The number of likely N-dealkylation sites (tertiary alicyclic amines) is 1. The lowest BCUT2D eigenvalue weighted by Gasteiger charge is -2.30. The molecule has 1 heterocycles. The van der Waals surface area contributed by atoms with E-state index in [-0.39, 0.29) is 18.1 Å². The number of nitrogens with zero attached hydrogens (tertiary/aromatic N) is 1. The predicted molar refractivity (Wildman–Crippen MR) is 108 cm³/mol. The second kappa shape index (κ2) is 10.1. The number of aliphatic hydroxyl groups excluding tert-OH is 1. The molecule has 2 aliphatic rings. The number of aromatic carboxylic acids is 1. The summed E-state index contributed by atoms with van der Waals surface area (Å²) in [6.45, 7) is 0.675. The first kappa shape index (κ1) is 20.8. The number of benzene rings is 1. The molecule has 1 aromatic carbocycles. The van der Waals surface area contributed by atoms with Gasteiger partial charge in [0, 0.05) is 19.0 Å². The molecule has 3 rings (SSSR count). The van der Waals surface area contributed by atoms with Gasteiger partial charge in [0.2, 0.25) is 5.91 Å². The molecule has 0 aromatic heterocycles. The maximum Gasteiger partial charge on any atom is 0.335 e. The van der Waals surface area contributed by atoms with Crippen molar-refractivity contribution in [3.8, 4) is 0 Å². The van der Waals surface area contributed by atoms with E-state index in [0.29, 0.717) is 30.9 Å². The molecule has 154 valence electrons. The minimum Gasteiger partial charge on any atom is -0.478 e. The summed E-state index contributed by atoms with van der Waals surface area (Å²) in [5.41, 5.74) is 1.45. The van der Waals surface area contributed by atoms with Crippen LogP contribution in [0.25, 0.3) is 0 Å². The highest BCUT2D eigenvalue weighted by atomic mass is 16.4. The van der Waals surface area contributed by atoms with Crippen LogP contribution in [0.4, 0.5) is 0 Å². The number of carbonyl (C=O) groups excluding carboxylic acids is 1. The molecule has 2 N–H and O–H groups in total. The SMILES string of the molecule is O=C(O)c1ccc(CCCC2CCC(=O)N2CC[C@H](O)C2CCCCC2)cc1. The molecular formula is C23H33NO4. The average molecular weight is 388 g/mol. The van der Waals surface area contributed by atoms with Gasteiger partial charge in [0.1, 0.15) is 0 Å². The number of hydrogen-bond donors (Lipinski definition) is 2. The van der Waals surface area contributed by atoms with E-state index in [1.54, 1.807) is 12.1 Å². The summed E-state index contributed by atoms with van der Waals surface area (Å²) >= 11 is 0. The van der Waals surface area contributed by atoms with Crippen molar-refractivity contribution in [3.63, 3.8) is 0 Å². The normalized spacial score (nSPS) is 21.8. The summed E-state index contributed by atoms with van der Waals surface area (Å²) < 4.78 is 0. The van der Waals surface area contributed by atoms with Crippen molar-refractivity contribution in [2.24, 2.45) is 5.92 Å². The molecule has 1 aliphatic heterocycles. The van der Waals surface area contributed by atoms with Crippen molar-refractivity contribution in [1.82, 2.24) is 4.90 Å². The van der Waals surface area contributed by atoms with Gasteiger partial charge >= 0.3 is 5.97 Å². The first-order valence-electron chi connectivity index (χ1n) is 10.8. The fraction of sp³-hybridized carbons (Fsp3) is 0.652. The Bertz CT molecular complexity index is 651. The summed E-state index contributed by atoms with van der Waals surface area (Å²) in [6, 6.07) is 7.33. The second-order valence-corrected chi connectivity index (χ2v) is 8.43. The molecule has 2 fully saturated rings. The molecule has 5 heteroatoms. The van der Waals surface area contributed by atoms with Crippen LogP contribution in [-0.2, 0) is 11.2 Å². The number of carbonyl (C=O) groups is 2. The fourth-order valence-electron chi connectivity index (χ4n) is 4.78. The Morgan fingerprint density at radius 1 is 1.11 bits per heavy atom. The summed E-state index contributed by atoms with van der Waals surface area (Å²) in [5, 5.41) is 19.5. The van der Waals surface area contributed by atoms with Crippen LogP contribution in [-0.4, -0.2) is 45.7 Å². The van der Waals surface area contributed by atoms with Gasteiger partial charge < -0.3 is 15.1 Å². The predicted octanol–water partition coefficient (Wildman–Crippen LogP) is 4.03. The molecule has 0 bridgehead atoms. The molecule has 28 heavy (non-hydrogen) atoms. The third-order valence-electron chi connectivity index (χ3n) is 6.52. The molecular weight excluding hydrogens is 354 g/mol. The zero-order chi connectivity index (χ0) is 19.9. The molecule has 1 saturated heterocycles. The Morgan fingerprint density at radius 3 is 2.50 bits per heavy atom. The van der Waals surface area contributed by atoms with Crippen LogP contribution in [0.3, 0.4) is 0 Å². The Kier molecular flexibility index (Phi) is 7.49. The summed E-state index contributed by atoms with van der Waals surface area (Å²) in [5.74, 6) is -0.257. The molecule has 1 aliphatic carbocycles. The highest BCUT2D eigenvalue weighted by molar-refractivity contribution is 5.87. The van der Waals surface area contributed by atoms with Gasteiger partial charge in [-0.2, -0.15) is 0 Å². The highest BCUT2D eigenvalue weighted by Gasteiger charge is 2.31. The van der Waals surface area contributed by atoms with Gasteiger partial charge in [0.05, 0.1) is 11.7 Å². The second-order valence-electron chi connectivity index (χ2n) is 8.43. The topological polar surface area (TPSA) is 77.8 Å². The van der Waals surface area contributed by atoms with Gasteiger partial charge in [-0.15, -0.1) is 0 Å². The maximum atomic E-state index is 12.3. The Hall–Kier alpha value is -1.88. The van der Waals surface area contributed by atoms with E-state index in [4.69, 9.17) is 5.11 Å². The van der Waals surface area contributed by atoms with Gasteiger partial charge in [-0.25, -0.2) is 4.79 Å². The van der Waals surface area contributed by atoms with Crippen molar-refractivity contribution in [2.75, 3.05) is 6.54 Å². The monoisotopic (exact) mass is 387 g/mol. The lowest BCUT2D eigenvalue weighted by Crippen LogP contribution is -2.36. The molecule has 0 spiro atoms. The zero-order valence-electron chi connectivity index (χ0n) is 16.7. The molecule has 5 nitrogen and oxygen atoms in total. The largest absolute Gasteiger partial charge is 0.478 e. The number of carboxylic acids is 1. The van der Waals surface area contributed by atoms with Gasteiger partial charge in [0.25, 0.3) is 0 Å². The maximum absolute atomic E-state index is 12.3. The number of carboxylic acid groups (broad SMARTS) is 1. The molecule has 1 saturated carbocycles. The lowest BCUT2D eigenvalue weighted by atomic mass is 9.84. The van der Waals surface area contributed by atoms with Crippen LogP contribution >= 0.6 is 0 Å². The van der Waals surface area contributed by atoms with Crippen LogP contribution in [0.1, 0.15) is 80.1 Å². The minimum absolute atomic E-state index is 0.228. The van der Waals surface area contributed by atoms with E-state index in [1.807, 2.05) is 17.0 Å². The summed E-state index contributed by atoms with van der Waals surface area (Å²) in [7, 11) is 0.